The lowest BCUT2D eigenvalue weighted by atomic mass is 10.1. The molecule has 1 atom stereocenters. The zero-order valence-electron chi connectivity index (χ0n) is 12.5. The Kier molecular flexibility index (Phi) is 7.85. The Morgan fingerprint density at radius 3 is 2.86 bits per heavy atom. The molecule has 22 heavy (non-hydrogen) atoms. The van der Waals surface area contributed by atoms with Gasteiger partial charge in [0.15, 0.2) is 0 Å². The average molecular weight is 391 g/mol. The normalized spacial score (nSPS) is 17.0. The topological polar surface area (TPSA) is 61.4 Å². The number of likely N-dealkylation sites (tertiary alicyclic amines) is 1. The molecular formula is C15H21BrClN3O2. The van der Waals surface area contributed by atoms with Gasteiger partial charge in [0.05, 0.1) is 6.54 Å². The van der Waals surface area contributed by atoms with E-state index in [1.807, 2.05) is 18.0 Å². The highest BCUT2D eigenvalue weighted by Gasteiger charge is 2.25. The quantitative estimate of drug-likeness (QED) is 0.804. The number of hydrogen-bond acceptors (Lipinski definition) is 3. The van der Waals surface area contributed by atoms with E-state index < -0.39 is 0 Å². The maximum atomic E-state index is 12.1. The van der Waals surface area contributed by atoms with E-state index in [0.717, 1.165) is 30.5 Å². The molecule has 0 saturated carbocycles. The molecule has 7 heteroatoms. The van der Waals surface area contributed by atoms with Crippen LogP contribution in [0.4, 0.5) is 0 Å². The summed E-state index contributed by atoms with van der Waals surface area (Å²) < 4.78 is 0.843. The van der Waals surface area contributed by atoms with Crippen molar-refractivity contribution in [3.05, 3.63) is 34.3 Å². The summed E-state index contributed by atoms with van der Waals surface area (Å²) in [5.41, 5.74) is 0.548. The van der Waals surface area contributed by atoms with Crippen molar-refractivity contribution in [2.24, 2.45) is 5.92 Å². The van der Waals surface area contributed by atoms with Crippen LogP contribution in [0, 0.1) is 5.92 Å². The minimum atomic E-state index is -0.226. The maximum absolute atomic E-state index is 12.1. The van der Waals surface area contributed by atoms with E-state index >= 15 is 0 Å². The number of nitrogens with zero attached hydrogens (tertiary/aromatic N) is 1. The first kappa shape index (κ1) is 18.9. The largest absolute Gasteiger partial charge is 0.343 e. The predicted molar refractivity (Wildman–Crippen MR) is 92.3 cm³/mol. The van der Waals surface area contributed by atoms with E-state index in [2.05, 4.69) is 26.6 Å². The highest BCUT2D eigenvalue weighted by molar-refractivity contribution is 9.10. The molecule has 1 fully saturated rings. The van der Waals surface area contributed by atoms with E-state index in [9.17, 15) is 9.59 Å². The molecule has 0 spiro atoms. The van der Waals surface area contributed by atoms with Gasteiger partial charge in [0.25, 0.3) is 5.91 Å². The van der Waals surface area contributed by atoms with Gasteiger partial charge in [-0.05, 0) is 44.1 Å². The van der Waals surface area contributed by atoms with Crippen molar-refractivity contribution in [3.8, 4) is 0 Å². The summed E-state index contributed by atoms with van der Waals surface area (Å²) in [6, 6.07) is 7.11. The van der Waals surface area contributed by atoms with Gasteiger partial charge >= 0.3 is 0 Å². The van der Waals surface area contributed by atoms with Gasteiger partial charge in [0, 0.05) is 23.1 Å². The first-order valence-electron chi connectivity index (χ1n) is 7.06. The molecule has 2 rings (SSSR count). The van der Waals surface area contributed by atoms with Crippen molar-refractivity contribution in [1.82, 2.24) is 15.5 Å². The van der Waals surface area contributed by atoms with Crippen LogP contribution >= 0.6 is 28.3 Å². The fourth-order valence-electron chi connectivity index (χ4n) is 2.51. The van der Waals surface area contributed by atoms with E-state index in [1.54, 1.807) is 18.2 Å². The minimum Gasteiger partial charge on any atom is -0.343 e. The Bertz CT molecular complexity index is 527. The van der Waals surface area contributed by atoms with Crippen molar-refractivity contribution in [2.45, 2.75) is 6.42 Å². The molecule has 0 aromatic heterocycles. The van der Waals surface area contributed by atoms with Gasteiger partial charge in [-0.25, -0.2) is 0 Å². The molecular weight excluding hydrogens is 370 g/mol. The smallest absolute Gasteiger partial charge is 0.251 e. The molecule has 0 radical (unpaired) electrons. The molecule has 1 aliphatic rings. The highest BCUT2D eigenvalue weighted by Crippen LogP contribution is 2.15. The summed E-state index contributed by atoms with van der Waals surface area (Å²) in [5, 5.41) is 5.82. The number of carbonyl (C=O) groups is 2. The van der Waals surface area contributed by atoms with Crippen LogP contribution in [0.5, 0.6) is 0 Å². The van der Waals surface area contributed by atoms with Crippen LogP contribution in [0.25, 0.3) is 0 Å². The molecule has 1 aliphatic heterocycles. The summed E-state index contributed by atoms with van der Waals surface area (Å²) in [7, 11) is 1.92. The van der Waals surface area contributed by atoms with Crippen LogP contribution in [-0.4, -0.2) is 49.9 Å². The highest BCUT2D eigenvalue weighted by atomic mass is 79.9. The number of rotatable bonds is 5. The minimum absolute atomic E-state index is 0. The fourth-order valence-corrected chi connectivity index (χ4v) is 2.91. The number of nitrogens with one attached hydrogen (secondary N) is 2. The second kappa shape index (κ2) is 9.12. The van der Waals surface area contributed by atoms with Gasteiger partial charge in [-0.3, -0.25) is 9.59 Å². The average Bonchev–Trinajstić information content (AvgIpc) is 2.93. The SMILES string of the molecule is CNCC1CCN(C(=O)CNC(=O)c2cccc(Br)c2)C1.Cl. The third-order valence-electron chi connectivity index (χ3n) is 3.62. The van der Waals surface area contributed by atoms with Gasteiger partial charge in [0.1, 0.15) is 0 Å². The summed E-state index contributed by atoms with van der Waals surface area (Å²) in [6.07, 6.45) is 1.02. The molecule has 0 aliphatic carbocycles. The van der Waals surface area contributed by atoms with Gasteiger partial charge in [-0.15, -0.1) is 12.4 Å². The lowest BCUT2D eigenvalue weighted by Gasteiger charge is -2.17. The lowest BCUT2D eigenvalue weighted by Crippen LogP contribution is -2.39. The number of hydrogen-bond donors (Lipinski definition) is 2. The van der Waals surface area contributed by atoms with E-state index in [-0.39, 0.29) is 30.8 Å². The lowest BCUT2D eigenvalue weighted by molar-refractivity contribution is -0.129. The second-order valence-corrected chi connectivity index (χ2v) is 6.16. The monoisotopic (exact) mass is 389 g/mol. The van der Waals surface area contributed by atoms with Gasteiger partial charge in [-0.1, -0.05) is 22.0 Å². The summed E-state index contributed by atoms with van der Waals surface area (Å²) in [6.45, 7) is 2.52. The van der Waals surface area contributed by atoms with Crippen LogP contribution in [-0.2, 0) is 4.79 Å². The summed E-state index contributed by atoms with van der Waals surface area (Å²) in [4.78, 5) is 25.9. The van der Waals surface area contributed by atoms with Crippen LogP contribution in [0.2, 0.25) is 0 Å². The Hall–Kier alpha value is -1.11. The van der Waals surface area contributed by atoms with Gasteiger partial charge < -0.3 is 15.5 Å². The zero-order valence-corrected chi connectivity index (χ0v) is 14.9. The van der Waals surface area contributed by atoms with E-state index in [4.69, 9.17) is 0 Å². The van der Waals surface area contributed by atoms with Crippen molar-refractivity contribution in [2.75, 3.05) is 33.2 Å². The fraction of sp³-hybridized carbons (Fsp3) is 0.467. The maximum Gasteiger partial charge on any atom is 0.251 e. The molecule has 5 nitrogen and oxygen atoms in total. The number of amides is 2. The Labute approximate surface area is 145 Å². The Balaban J connectivity index is 0.00000242. The Morgan fingerprint density at radius 2 is 2.18 bits per heavy atom. The molecule has 0 bridgehead atoms. The predicted octanol–water partition coefficient (Wildman–Crippen LogP) is 1.67. The van der Waals surface area contributed by atoms with Crippen molar-refractivity contribution in [1.29, 1.82) is 0 Å². The molecule has 1 unspecified atom stereocenters. The van der Waals surface area contributed by atoms with Crippen LogP contribution in [0.3, 0.4) is 0 Å². The second-order valence-electron chi connectivity index (χ2n) is 5.25. The molecule has 1 saturated heterocycles. The third-order valence-corrected chi connectivity index (χ3v) is 4.11. The van der Waals surface area contributed by atoms with E-state index in [1.165, 1.54) is 0 Å². The number of benzene rings is 1. The molecule has 2 N–H and O–H groups in total. The molecule has 1 heterocycles. The summed E-state index contributed by atoms with van der Waals surface area (Å²) in [5.74, 6) is 0.271. The standard InChI is InChI=1S/C15H20BrN3O2.ClH/c1-17-8-11-5-6-19(10-11)14(20)9-18-15(21)12-3-2-4-13(16)7-12;/h2-4,7,11,17H,5-6,8-10H2,1H3,(H,18,21);1H. The Morgan fingerprint density at radius 1 is 1.41 bits per heavy atom. The molecule has 2 amide bonds. The van der Waals surface area contributed by atoms with E-state index in [0.29, 0.717) is 11.5 Å². The van der Waals surface area contributed by atoms with Gasteiger partial charge in [-0.2, -0.15) is 0 Å². The van der Waals surface area contributed by atoms with Gasteiger partial charge in [0.2, 0.25) is 5.91 Å². The van der Waals surface area contributed by atoms with Crippen LogP contribution in [0.1, 0.15) is 16.8 Å². The first-order chi connectivity index (χ1) is 10.1. The molecule has 1 aromatic rings. The molecule has 1 aromatic carbocycles. The van der Waals surface area contributed by atoms with Crippen molar-refractivity contribution >= 4 is 40.2 Å². The number of carbonyl (C=O) groups excluding carboxylic acids is 2. The third kappa shape index (κ3) is 5.26. The van der Waals surface area contributed by atoms with Crippen molar-refractivity contribution < 1.29 is 9.59 Å². The molecule has 122 valence electrons. The first-order valence-corrected chi connectivity index (χ1v) is 7.85. The van der Waals surface area contributed by atoms with Crippen LogP contribution in [0.15, 0.2) is 28.7 Å². The van der Waals surface area contributed by atoms with Crippen molar-refractivity contribution in [3.63, 3.8) is 0 Å². The summed E-state index contributed by atoms with van der Waals surface area (Å²) >= 11 is 3.32. The number of halogens is 2. The zero-order chi connectivity index (χ0) is 15.2. The van der Waals surface area contributed by atoms with Crippen LogP contribution < -0.4 is 10.6 Å².